The molecule has 0 aromatic heterocycles. The fourth-order valence-corrected chi connectivity index (χ4v) is 3.00. The van der Waals surface area contributed by atoms with Gasteiger partial charge in [-0.2, -0.15) is 0 Å². The van der Waals surface area contributed by atoms with Crippen LogP contribution < -0.4 is 5.32 Å². The summed E-state index contributed by atoms with van der Waals surface area (Å²) in [6.45, 7) is 2.63. The Labute approximate surface area is 134 Å². The maximum Gasteiger partial charge on any atom is 0.221 e. The molecule has 0 heterocycles. The molecule has 21 heavy (non-hydrogen) atoms. The molecule has 0 radical (unpaired) electrons. The molecule has 0 unspecified atom stereocenters. The van der Waals surface area contributed by atoms with E-state index >= 15 is 0 Å². The van der Waals surface area contributed by atoms with Gasteiger partial charge in [0.2, 0.25) is 5.91 Å². The lowest BCUT2D eigenvalue weighted by Gasteiger charge is -2.06. The fourth-order valence-electron chi connectivity index (χ4n) is 1.81. The first-order valence-corrected chi connectivity index (χ1v) is 8.21. The Bertz CT molecular complexity index is 598. The number of hydrogen-bond donors (Lipinski definition) is 1. The summed E-state index contributed by atoms with van der Waals surface area (Å²) in [6.07, 6.45) is 0.488. The number of hydrogen-bond acceptors (Lipinski definition) is 2. The van der Waals surface area contributed by atoms with Gasteiger partial charge in [0, 0.05) is 23.6 Å². The lowest BCUT2D eigenvalue weighted by atomic mass is 10.1. The summed E-state index contributed by atoms with van der Waals surface area (Å²) in [5.41, 5.74) is 2.34. The van der Waals surface area contributed by atoms with Gasteiger partial charge in [0.05, 0.1) is 5.02 Å². The van der Waals surface area contributed by atoms with Crippen molar-refractivity contribution >= 4 is 29.3 Å². The molecule has 4 heteroatoms. The first-order chi connectivity index (χ1) is 10.1. The maximum atomic E-state index is 11.8. The zero-order chi connectivity index (χ0) is 15.1. The minimum atomic E-state index is 0.0649. The van der Waals surface area contributed by atoms with Crippen molar-refractivity contribution in [3.8, 4) is 0 Å². The van der Waals surface area contributed by atoms with Crippen molar-refractivity contribution in [3.63, 3.8) is 0 Å². The van der Waals surface area contributed by atoms with E-state index in [4.69, 9.17) is 11.6 Å². The molecular formula is C17H18ClNOS. The first-order valence-electron chi connectivity index (χ1n) is 6.85. The number of thioether (sulfide) groups is 1. The lowest BCUT2D eigenvalue weighted by molar-refractivity contribution is -0.120. The Balaban J connectivity index is 1.70. The lowest BCUT2D eigenvalue weighted by Crippen LogP contribution is -2.22. The monoisotopic (exact) mass is 319 g/mol. The van der Waals surface area contributed by atoms with Crippen LogP contribution in [0.1, 0.15) is 17.5 Å². The number of nitrogens with one attached hydrogen (secondary N) is 1. The van der Waals surface area contributed by atoms with Gasteiger partial charge in [-0.1, -0.05) is 53.6 Å². The van der Waals surface area contributed by atoms with Crippen LogP contribution in [0, 0.1) is 6.92 Å². The Hall–Kier alpha value is -1.45. The molecule has 0 fully saturated rings. The number of rotatable bonds is 6. The summed E-state index contributed by atoms with van der Waals surface area (Å²) < 4.78 is 0. The molecule has 110 valence electrons. The fraction of sp³-hybridized carbons (Fsp3) is 0.235. The topological polar surface area (TPSA) is 29.1 Å². The minimum absolute atomic E-state index is 0.0649. The molecule has 1 N–H and O–H groups in total. The average Bonchev–Trinajstić information content (AvgIpc) is 2.49. The summed E-state index contributed by atoms with van der Waals surface area (Å²) in [7, 11) is 0. The average molecular weight is 320 g/mol. The standard InChI is InChI=1S/C17H18ClNOS/c1-13-6-8-14(9-7-13)12-19-17(20)10-11-21-16-5-3-2-4-15(16)18/h2-9H,10-12H2,1H3,(H,19,20). The zero-order valence-corrected chi connectivity index (χ0v) is 13.5. The van der Waals surface area contributed by atoms with E-state index in [1.165, 1.54) is 5.56 Å². The van der Waals surface area contributed by atoms with Crippen molar-refractivity contribution < 1.29 is 4.79 Å². The van der Waals surface area contributed by atoms with Crippen LogP contribution in [-0.4, -0.2) is 11.7 Å². The molecule has 2 nitrogen and oxygen atoms in total. The van der Waals surface area contributed by atoms with Crippen LogP contribution in [0.3, 0.4) is 0 Å². The molecule has 0 atom stereocenters. The third-order valence-corrected chi connectivity index (χ3v) is 4.55. The van der Waals surface area contributed by atoms with Crippen molar-refractivity contribution in [2.24, 2.45) is 0 Å². The van der Waals surface area contributed by atoms with E-state index in [-0.39, 0.29) is 5.91 Å². The number of carbonyl (C=O) groups is 1. The number of amides is 1. The number of halogens is 1. The largest absolute Gasteiger partial charge is 0.352 e. The first kappa shape index (κ1) is 15.9. The van der Waals surface area contributed by atoms with Gasteiger partial charge >= 0.3 is 0 Å². The normalized spacial score (nSPS) is 10.4. The van der Waals surface area contributed by atoms with Crippen molar-refractivity contribution in [1.82, 2.24) is 5.32 Å². The SMILES string of the molecule is Cc1ccc(CNC(=O)CCSc2ccccc2Cl)cc1. The molecule has 0 spiro atoms. The molecular weight excluding hydrogens is 302 g/mol. The quantitative estimate of drug-likeness (QED) is 0.797. The highest BCUT2D eigenvalue weighted by Gasteiger charge is 2.04. The molecule has 0 aliphatic heterocycles. The molecule has 1 amide bonds. The molecule has 2 aromatic carbocycles. The molecule has 2 aromatic rings. The van der Waals surface area contributed by atoms with Crippen molar-refractivity contribution in [1.29, 1.82) is 0 Å². The van der Waals surface area contributed by atoms with Crippen LogP contribution in [0.2, 0.25) is 5.02 Å². The van der Waals surface area contributed by atoms with Crippen LogP contribution in [0.4, 0.5) is 0 Å². The Morgan fingerprint density at radius 1 is 1.14 bits per heavy atom. The molecule has 2 rings (SSSR count). The highest BCUT2D eigenvalue weighted by atomic mass is 35.5. The highest BCUT2D eigenvalue weighted by Crippen LogP contribution is 2.26. The second-order valence-corrected chi connectivity index (χ2v) is 6.34. The summed E-state index contributed by atoms with van der Waals surface area (Å²) in [5, 5.41) is 3.67. The Morgan fingerprint density at radius 3 is 2.57 bits per heavy atom. The van der Waals surface area contributed by atoms with E-state index in [0.717, 1.165) is 21.2 Å². The predicted molar refractivity (Wildman–Crippen MR) is 89.8 cm³/mol. The number of carbonyl (C=O) groups excluding carboxylic acids is 1. The van der Waals surface area contributed by atoms with Crippen molar-refractivity contribution in [2.45, 2.75) is 24.8 Å². The van der Waals surface area contributed by atoms with Gasteiger partial charge in [-0.05, 0) is 24.6 Å². The highest BCUT2D eigenvalue weighted by molar-refractivity contribution is 7.99. The van der Waals surface area contributed by atoms with Gasteiger partial charge in [-0.25, -0.2) is 0 Å². The molecule has 0 aliphatic rings. The van der Waals surface area contributed by atoms with Gasteiger partial charge in [-0.15, -0.1) is 11.8 Å². The molecule has 0 bridgehead atoms. The van der Waals surface area contributed by atoms with Gasteiger partial charge in [0.15, 0.2) is 0 Å². The van der Waals surface area contributed by atoms with Gasteiger partial charge in [-0.3, -0.25) is 4.79 Å². The van der Waals surface area contributed by atoms with E-state index in [1.54, 1.807) is 11.8 Å². The zero-order valence-electron chi connectivity index (χ0n) is 11.9. The van der Waals surface area contributed by atoms with Crippen LogP contribution in [0.25, 0.3) is 0 Å². The van der Waals surface area contributed by atoms with Crippen LogP contribution >= 0.6 is 23.4 Å². The van der Waals surface area contributed by atoms with Crippen molar-refractivity contribution in [2.75, 3.05) is 5.75 Å². The summed E-state index contributed by atoms with van der Waals surface area (Å²) in [5.74, 6) is 0.791. The Kier molecular flexibility index (Phi) is 6.15. The minimum Gasteiger partial charge on any atom is -0.352 e. The molecule has 0 aliphatic carbocycles. The summed E-state index contributed by atoms with van der Waals surface area (Å²) >= 11 is 7.68. The molecule has 0 saturated carbocycles. The summed E-state index contributed by atoms with van der Waals surface area (Å²) in [4.78, 5) is 12.8. The number of benzene rings is 2. The third kappa shape index (κ3) is 5.44. The summed E-state index contributed by atoms with van der Waals surface area (Å²) in [6, 6.07) is 15.9. The maximum absolute atomic E-state index is 11.8. The van der Waals surface area contributed by atoms with Crippen molar-refractivity contribution in [3.05, 3.63) is 64.7 Å². The van der Waals surface area contributed by atoms with Gasteiger partial charge in [0.1, 0.15) is 0 Å². The van der Waals surface area contributed by atoms with E-state index in [0.29, 0.717) is 13.0 Å². The van der Waals surface area contributed by atoms with E-state index < -0.39 is 0 Å². The Morgan fingerprint density at radius 2 is 1.86 bits per heavy atom. The predicted octanol–water partition coefficient (Wildman–Crippen LogP) is 4.45. The second kappa shape index (κ2) is 8.11. The van der Waals surface area contributed by atoms with E-state index in [1.807, 2.05) is 43.3 Å². The molecule has 0 saturated heterocycles. The van der Waals surface area contributed by atoms with Crippen LogP contribution in [0.5, 0.6) is 0 Å². The van der Waals surface area contributed by atoms with Gasteiger partial charge in [0.25, 0.3) is 0 Å². The van der Waals surface area contributed by atoms with E-state index in [2.05, 4.69) is 17.4 Å². The second-order valence-electron chi connectivity index (χ2n) is 4.79. The smallest absolute Gasteiger partial charge is 0.221 e. The van der Waals surface area contributed by atoms with Gasteiger partial charge < -0.3 is 5.32 Å². The van der Waals surface area contributed by atoms with E-state index in [9.17, 15) is 4.79 Å². The third-order valence-electron chi connectivity index (χ3n) is 3.03. The van der Waals surface area contributed by atoms with Crippen LogP contribution in [0.15, 0.2) is 53.4 Å². The number of aryl methyl sites for hydroxylation is 1. The van der Waals surface area contributed by atoms with Crippen LogP contribution in [-0.2, 0) is 11.3 Å².